The van der Waals surface area contributed by atoms with Crippen LogP contribution in [0, 0.1) is 12.8 Å². The number of benzene rings is 1. The first-order valence-corrected chi connectivity index (χ1v) is 8.32. The fourth-order valence-electron chi connectivity index (χ4n) is 1.83. The van der Waals surface area contributed by atoms with Crippen LogP contribution < -0.4 is 0 Å². The van der Waals surface area contributed by atoms with Crippen molar-refractivity contribution in [2.75, 3.05) is 6.61 Å². The van der Waals surface area contributed by atoms with E-state index in [0.29, 0.717) is 5.92 Å². The Kier molecular flexibility index (Phi) is 6.52. The minimum absolute atomic E-state index is 0.235. The van der Waals surface area contributed by atoms with Gasteiger partial charge >= 0.3 is 0 Å². The van der Waals surface area contributed by atoms with E-state index < -0.39 is 10.1 Å². The zero-order valence-corrected chi connectivity index (χ0v) is 12.9. The van der Waals surface area contributed by atoms with Crippen LogP contribution in [0.2, 0.25) is 0 Å². The molecule has 0 aliphatic rings. The Balaban J connectivity index is 2.45. The van der Waals surface area contributed by atoms with Crippen molar-refractivity contribution in [3.05, 3.63) is 29.8 Å². The Bertz CT molecular complexity index is 463. The molecule has 0 heterocycles. The molecule has 1 aromatic rings. The fraction of sp³-hybridized carbons (Fsp3) is 0.600. The van der Waals surface area contributed by atoms with Crippen LogP contribution in [0.25, 0.3) is 0 Å². The van der Waals surface area contributed by atoms with E-state index in [9.17, 15) is 8.42 Å². The molecule has 0 saturated heterocycles. The van der Waals surface area contributed by atoms with Crippen molar-refractivity contribution in [3.63, 3.8) is 0 Å². The molecule has 0 aromatic heterocycles. The standard InChI is InChI=1S/C15H24O3S/c1-4-5-6-13(2)11-12-18-19(16,17)15-9-7-14(3)8-10-15/h7-10,13H,4-6,11-12H2,1-3H3. The second-order valence-corrected chi connectivity index (χ2v) is 6.74. The summed E-state index contributed by atoms with van der Waals surface area (Å²) in [5, 5.41) is 0. The van der Waals surface area contributed by atoms with Crippen molar-refractivity contribution in [1.29, 1.82) is 0 Å². The number of rotatable bonds is 8. The Morgan fingerprint density at radius 1 is 1.16 bits per heavy atom. The molecule has 0 amide bonds. The van der Waals surface area contributed by atoms with Gasteiger partial charge in [-0.1, -0.05) is 50.8 Å². The summed E-state index contributed by atoms with van der Waals surface area (Å²) in [4.78, 5) is 0.235. The minimum atomic E-state index is -3.59. The maximum Gasteiger partial charge on any atom is 0.296 e. The highest BCUT2D eigenvalue weighted by molar-refractivity contribution is 7.86. The van der Waals surface area contributed by atoms with Crippen LogP contribution in [0.5, 0.6) is 0 Å². The molecular weight excluding hydrogens is 260 g/mol. The van der Waals surface area contributed by atoms with Crippen LogP contribution in [-0.2, 0) is 14.3 Å². The largest absolute Gasteiger partial charge is 0.296 e. The summed E-state index contributed by atoms with van der Waals surface area (Å²) >= 11 is 0. The molecular formula is C15H24O3S. The first-order valence-electron chi connectivity index (χ1n) is 6.92. The Morgan fingerprint density at radius 3 is 2.37 bits per heavy atom. The average Bonchev–Trinajstić information content (AvgIpc) is 2.36. The number of aryl methyl sites for hydroxylation is 1. The lowest BCUT2D eigenvalue weighted by molar-refractivity contribution is 0.281. The molecule has 1 atom stereocenters. The molecule has 0 radical (unpaired) electrons. The van der Waals surface area contributed by atoms with E-state index in [1.807, 2.05) is 6.92 Å². The van der Waals surface area contributed by atoms with E-state index in [1.165, 1.54) is 12.8 Å². The summed E-state index contributed by atoms with van der Waals surface area (Å²) in [7, 11) is -3.59. The molecule has 0 aliphatic heterocycles. The highest BCUT2D eigenvalue weighted by atomic mass is 32.2. The van der Waals surface area contributed by atoms with Crippen LogP contribution in [-0.4, -0.2) is 15.0 Å². The van der Waals surface area contributed by atoms with Crippen LogP contribution in [0.1, 0.15) is 45.1 Å². The van der Waals surface area contributed by atoms with Crippen LogP contribution in [0.15, 0.2) is 29.2 Å². The lowest BCUT2D eigenvalue weighted by Crippen LogP contribution is -2.10. The third-order valence-corrected chi connectivity index (χ3v) is 4.54. The van der Waals surface area contributed by atoms with Crippen LogP contribution in [0.3, 0.4) is 0 Å². The van der Waals surface area contributed by atoms with Gasteiger partial charge in [0.2, 0.25) is 0 Å². The fourth-order valence-corrected chi connectivity index (χ4v) is 2.75. The van der Waals surface area contributed by atoms with E-state index >= 15 is 0 Å². The second kappa shape index (κ2) is 7.65. The normalized spacial score (nSPS) is 13.4. The van der Waals surface area contributed by atoms with E-state index in [2.05, 4.69) is 13.8 Å². The molecule has 0 N–H and O–H groups in total. The van der Waals surface area contributed by atoms with Crippen molar-refractivity contribution in [1.82, 2.24) is 0 Å². The first kappa shape index (κ1) is 16.2. The third kappa shape index (κ3) is 5.74. The lowest BCUT2D eigenvalue weighted by atomic mass is 10.0. The molecule has 108 valence electrons. The van der Waals surface area contributed by atoms with Gasteiger partial charge in [-0.2, -0.15) is 8.42 Å². The molecule has 1 rings (SSSR count). The molecule has 3 nitrogen and oxygen atoms in total. The maximum absolute atomic E-state index is 11.9. The average molecular weight is 284 g/mol. The maximum atomic E-state index is 11.9. The van der Waals surface area contributed by atoms with Crippen molar-refractivity contribution in [2.24, 2.45) is 5.92 Å². The summed E-state index contributed by atoms with van der Waals surface area (Å²) in [6.45, 7) is 6.48. The van der Waals surface area contributed by atoms with Gasteiger partial charge in [-0.3, -0.25) is 4.18 Å². The molecule has 0 spiro atoms. The predicted molar refractivity (Wildman–Crippen MR) is 77.6 cm³/mol. The molecule has 19 heavy (non-hydrogen) atoms. The van der Waals surface area contributed by atoms with E-state index in [1.54, 1.807) is 24.3 Å². The second-order valence-electron chi connectivity index (χ2n) is 5.13. The SMILES string of the molecule is CCCCC(C)CCOS(=O)(=O)c1ccc(C)cc1. The summed E-state index contributed by atoms with van der Waals surface area (Å²) in [5.41, 5.74) is 1.03. The molecule has 0 bridgehead atoms. The van der Waals surface area contributed by atoms with Gasteiger partial charge < -0.3 is 0 Å². The Hall–Kier alpha value is -0.870. The van der Waals surface area contributed by atoms with Crippen molar-refractivity contribution >= 4 is 10.1 Å². The van der Waals surface area contributed by atoms with Gasteiger partial charge in [-0.05, 0) is 31.4 Å². The summed E-state index contributed by atoms with van der Waals surface area (Å²) in [6.07, 6.45) is 4.27. The Morgan fingerprint density at radius 2 is 1.79 bits per heavy atom. The van der Waals surface area contributed by atoms with Gasteiger partial charge in [-0.15, -0.1) is 0 Å². The number of hydrogen-bond acceptors (Lipinski definition) is 3. The zero-order chi connectivity index (χ0) is 14.3. The van der Waals surface area contributed by atoms with Gasteiger partial charge in [-0.25, -0.2) is 0 Å². The highest BCUT2D eigenvalue weighted by Crippen LogP contribution is 2.16. The number of hydrogen-bond donors (Lipinski definition) is 0. The van der Waals surface area contributed by atoms with E-state index in [4.69, 9.17) is 4.18 Å². The van der Waals surface area contributed by atoms with Crippen molar-refractivity contribution in [2.45, 2.75) is 51.3 Å². The van der Waals surface area contributed by atoms with E-state index in [0.717, 1.165) is 18.4 Å². The van der Waals surface area contributed by atoms with Gasteiger partial charge in [0.25, 0.3) is 10.1 Å². The van der Waals surface area contributed by atoms with E-state index in [-0.39, 0.29) is 11.5 Å². The molecule has 0 fully saturated rings. The topological polar surface area (TPSA) is 43.4 Å². The van der Waals surface area contributed by atoms with Crippen LogP contribution in [0.4, 0.5) is 0 Å². The van der Waals surface area contributed by atoms with Crippen LogP contribution >= 0.6 is 0 Å². The molecule has 1 aromatic carbocycles. The lowest BCUT2D eigenvalue weighted by Gasteiger charge is -2.11. The van der Waals surface area contributed by atoms with Crippen molar-refractivity contribution in [3.8, 4) is 0 Å². The monoisotopic (exact) mass is 284 g/mol. The smallest absolute Gasteiger partial charge is 0.266 e. The molecule has 0 aliphatic carbocycles. The van der Waals surface area contributed by atoms with Gasteiger partial charge in [0.05, 0.1) is 11.5 Å². The van der Waals surface area contributed by atoms with Gasteiger partial charge in [0.15, 0.2) is 0 Å². The Labute approximate surface area is 117 Å². The first-order chi connectivity index (χ1) is 8.95. The summed E-state index contributed by atoms with van der Waals surface area (Å²) in [6, 6.07) is 6.73. The summed E-state index contributed by atoms with van der Waals surface area (Å²) < 4.78 is 28.9. The minimum Gasteiger partial charge on any atom is -0.266 e. The molecule has 4 heteroatoms. The predicted octanol–water partition coefficient (Wildman–Crippen LogP) is 3.92. The zero-order valence-electron chi connectivity index (χ0n) is 12.1. The highest BCUT2D eigenvalue weighted by Gasteiger charge is 2.15. The quantitative estimate of drug-likeness (QED) is 0.680. The molecule has 1 unspecified atom stereocenters. The van der Waals surface area contributed by atoms with Gasteiger partial charge in [0, 0.05) is 0 Å². The van der Waals surface area contributed by atoms with Gasteiger partial charge in [0.1, 0.15) is 0 Å². The van der Waals surface area contributed by atoms with Crippen molar-refractivity contribution < 1.29 is 12.6 Å². The third-order valence-electron chi connectivity index (χ3n) is 3.21. The molecule has 0 saturated carbocycles. The summed E-state index contributed by atoms with van der Waals surface area (Å²) in [5.74, 6) is 0.508. The number of unbranched alkanes of at least 4 members (excludes halogenated alkanes) is 1.